The lowest BCUT2D eigenvalue weighted by atomic mass is 10.1. The largest absolute Gasteiger partial charge is 0.489 e. The van der Waals surface area contributed by atoms with E-state index in [1.807, 2.05) is 24.3 Å². The van der Waals surface area contributed by atoms with Gasteiger partial charge in [0.25, 0.3) is 0 Å². The van der Waals surface area contributed by atoms with Crippen LogP contribution in [0.5, 0.6) is 5.75 Å². The molecule has 2 aromatic rings. The molecule has 23 heavy (non-hydrogen) atoms. The molecule has 0 spiro atoms. The van der Waals surface area contributed by atoms with E-state index in [-0.39, 0.29) is 18.1 Å². The van der Waals surface area contributed by atoms with Crippen LogP contribution >= 0.6 is 0 Å². The molecule has 0 fully saturated rings. The monoisotopic (exact) mass is 312 g/mol. The van der Waals surface area contributed by atoms with Gasteiger partial charge in [-0.3, -0.25) is 4.79 Å². The Balaban J connectivity index is 1.83. The average Bonchev–Trinajstić information content (AvgIpc) is 2.55. The zero-order valence-electron chi connectivity index (χ0n) is 12.6. The van der Waals surface area contributed by atoms with E-state index in [4.69, 9.17) is 10.00 Å². The zero-order chi connectivity index (χ0) is 16.5. The van der Waals surface area contributed by atoms with E-state index in [2.05, 4.69) is 5.32 Å². The molecular formula is C18H17FN2O2. The molecule has 0 bridgehead atoms. The highest BCUT2D eigenvalue weighted by Gasteiger charge is 2.01. The molecule has 4 nitrogen and oxygen atoms in total. The highest BCUT2D eigenvalue weighted by atomic mass is 19.1. The van der Waals surface area contributed by atoms with Crippen LogP contribution in [0.25, 0.3) is 0 Å². The number of nitriles is 1. The maximum atomic E-state index is 12.8. The maximum absolute atomic E-state index is 12.8. The third kappa shape index (κ3) is 5.79. The number of halogens is 1. The molecule has 0 aliphatic carbocycles. The van der Waals surface area contributed by atoms with E-state index >= 15 is 0 Å². The number of rotatable bonds is 7. The van der Waals surface area contributed by atoms with Gasteiger partial charge in [0.05, 0.1) is 6.07 Å². The quantitative estimate of drug-likeness (QED) is 0.855. The van der Waals surface area contributed by atoms with Gasteiger partial charge in [0.2, 0.25) is 5.91 Å². The predicted molar refractivity (Wildman–Crippen MR) is 84.1 cm³/mol. The Morgan fingerprint density at radius 2 is 1.96 bits per heavy atom. The topological polar surface area (TPSA) is 62.1 Å². The van der Waals surface area contributed by atoms with E-state index < -0.39 is 0 Å². The van der Waals surface area contributed by atoms with E-state index in [0.29, 0.717) is 19.6 Å². The second kappa shape index (κ2) is 8.54. The van der Waals surface area contributed by atoms with Crippen LogP contribution in [-0.2, 0) is 17.8 Å². The van der Waals surface area contributed by atoms with Crippen LogP contribution in [0.1, 0.15) is 17.5 Å². The van der Waals surface area contributed by atoms with Crippen LogP contribution in [0.3, 0.4) is 0 Å². The van der Waals surface area contributed by atoms with Gasteiger partial charge in [0.1, 0.15) is 24.6 Å². The molecule has 0 heterocycles. The molecule has 0 radical (unpaired) electrons. The maximum Gasteiger partial charge on any atom is 0.234 e. The molecule has 2 rings (SSSR count). The Morgan fingerprint density at radius 3 is 2.70 bits per heavy atom. The molecule has 0 aliphatic heterocycles. The van der Waals surface area contributed by atoms with Gasteiger partial charge in [-0.05, 0) is 41.8 Å². The van der Waals surface area contributed by atoms with E-state index in [9.17, 15) is 9.18 Å². The van der Waals surface area contributed by atoms with E-state index in [1.165, 1.54) is 12.1 Å². The van der Waals surface area contributed by atoms with Crippen molar-refractivity contribution in [3.8, 4) is 11.8 Å². The van der Waals surface area contributed by atoms with Crippen LogP contribution in [0, 0.1) is 17.1 Å². The molecule has 5 heteroatoms. The first kappa shape index (κ1) is 16.5. The summed E-state index contributed by atoms with van der Waals surface area (Å²) in [6.07, 6.45) is 0.533. The number of nitrogens with one attached hydrogen (secondary N) is 1. The Bertz CT molecular complexity index is 693. The summed E-state index contributed by atoms with van der Waals surface area (Å²) in [5.74, 6) is 0.181. The second-order valence-corrected chi connectivity index (χ2v) is 5.00. The van der Waals surface area contributed by atoms with Gasteiger partial charge in [-0.1, -0.05) is 24.3 Å². The van der Waals surface area contributed by atoms with Gasteiger partial charge < -0.3 is 10.1 Å². The Morgan fingerprint density at radius 1 is 1.17 bits per heavy atom. The van der Waals surface area contributed by atoms with Gasteiger partial charge in [-0.25, -0.2) is 4.39 Å². The first-order valence-electron chi connectivity index (χ1n) is 7.27. The summed E-state index contributed by atoms with van der Waals surface area (Å²) >= 11 is 0. The molecular weight excluding hydrogens is 295 g/mol. The minimum absolute atomic E-state index is 0.124. The number of carbonyl (C=O) groups is 1. The summed E-state index contributed by atoms with van der Waals surface area (Å²) in [7, 11) is 0. The first-order valence-corrected chi connectivity index (χ1v) is 7.27. The summed E-state index contributed by atoms with van der Waals surface area (Å²) in [4.78, 5) is 11.2. The highest BCUT2D eigenvalue weighted by Crippen LogP contribution is 2.15. The number of ether oxygens (including phenoxy) is 1. The van der Waals surface area contributed by atoms with Crippen molar-refractivity contribution in [2.75, 3.05) is 6.54 Å². The van der Waals surface area contributed by atoms with Gasteiger partial charge in [0.15, 0.2) is 0 Å². The zero-order valence-corrected chi connectivity index (χ0v) is 12.6. The minimum atomic E-state index is -0.269. The molecule has 1 N–H and O–H groups in total. The van der Waals surface area contributed by atoms with Crippen molar-refractivity contribution in [3.05, 3.63) is 65.5 Å². The standard InChI is InChI=1S/C18H17FN2O2/c19-16-6-4-15(5-7-16)13-23-17-3-1-2-14(12-17)9-11-21-18(22)8-10-20/h1-7,12H,8-9,11,13H2,(H,21,22). The first-order chi connectivity index (χ1) is 11.2. The van der Waals surface area contributed by atoms with Gasteiger partial charge >= 0.3 is 0 Å². The SMILES string of the molecule is N#CCC(=O)NCCc1cccc(OCc2ccc(F)cc2)c1. The fourth-order valence-corrected chi connectivity index (χ4v) is 2.02. The second-order valence-electron chi connectivity index (χ2n) is 5.00. The summed E-state index contributed by atoms with van der Waals surface area (Å²) in [5, 5.41) is 11.1. The van der Waals surface area contributed by atoms with Crippen LogP contribution < -0.4 is 10.1 Å². The molecule has 0 unspecified atom stereocenters. The molecule has 118 valence electrons. The normalized spacial score (nSPS) is 9.91. The van der Waals surface area contributed by atoms with Crippen LogP contribution in [-0.4, -0.2) is 12.5 Å². The molecule has 0 aromatic heterocycles. The Kier molecular flexibility index (Phi) is 6.13. The van der Waals surface area contributed by atoms with Crippen molar-refractivity contribution in [3.63, 3.8) is 0 Å². The number of nitrogens with zero attached hydrogens (tertiary/aromatic N) is 1. The minimum Gasteiger partial charge on any atom is -0.489 e. The summed E-state index contributed by atoms with van der Waals surface area (Å²) in [6.45, 7) is 0.838. The van der Waals surface area contributed by atoms with Crippen LogP contribution in [0.2, 0.25) is 0 Å². The number of benzene rings is 2. The fourth-order valence-electron chi connectivity index (χ4n) is 2.02. The smallest absolute Gasteiger partial charge is 0.234 e. The molecule has 1 amide bonds. The Hall–Kier alpha value is -2.87. The lowest BCUT2D eigenvalue weighted by Crippen LogP contribution is -2.24. The van der Waals surface area contributed by atoms with Crippen LogP contribution in [0.4, 0.5) is 4.39 Å². The number of carbonyl (C=O) groups excluding carboxylic acids is 1. The summed E-state index contributed by atoms with van der Waals surface area (Å²) in [5.41, 5.74) is 1.92. The molecule has 2 aromatic carbocycles. The lowest BCUT2D eigenvalue weighted by molar-refractivity contribution is -0.120. The van der Waals surface area contributed by atoms with E-state index in [1.54, 1.807) is 18.2 Å². The predicted octanol–water partition coefficient (Wildman–Crippen LogP) is 2.98. The molecule has 0 saturated heterocycles. The van der Waals surface area contributed by atoms with Crippen molar-refractivity contribution in [1.82, 2.24) is 5.32 Å². The third-order valence-electron chi connectivity index (χ3n) is 3.19. The van der Waals surface area contributed by atoms with Crippen molar-refractivity contribution >= 4 is 5.91 Å². The summed E-state index contributed by atoms with van der Waals surface area (Å²) < 4.78 is 18.5. The molecule has 0 aliphatic rings. The number of hydrogen-bond donors (Lipinski definition) is 1. The summed E-state index contributed by atoms with van der Waals surface area (Å²) in [6, 6.07) is 15.6. The van der Waals surface area contributed by atoms with E-state index in [0.717, 1.165) is 16.9 Å². The van der Waals surface area contributed by atoms with Crippen LogP contribution in [0.15, 0.2) is 48.5 Å². The van der Waals surface area contributed by atoms with Gasteiger partial charge in [-0.2, -0.15) is 5.26 Å². The van der Waals surface area contributed by atoms with Gasteiger partial charge in [-0.15, -0.1) is 0 Å². The van der Waals surface area contributed by atoms with Crippen molar-refractivity contribution in [2.45, 2.75) is 19.4 Å². The highest BCUT2D eigenvalue weighted by molar-refractivity contribution is 5.77. The number of amides is 1. The van der Waals surface area contributed by atoms with Crippen molar-refractivity contribution < 1.29 is 13.9 Å². The number of hydrogen-bond acceptors (Lipinski definition) is 3. The van der Waals surface area contributed by atoms with Gasteiger partial charge in [0, 0.05) is 6.54 Å². The average molecular weight is 312 g/mol. The van der Waals surface area contributed by atoms with Crippen molar-refractivity contribution in [1.29, 1.82) is 5.26 Å². The fraction of sp³-hybridized carbons (Fsp3) is 0.222. The molecule has 0 saturated carbocycles. The lowest BCUT2D eigenvalue weighted by Gasteiger charge is -2.09. The third-order valence-corrected chi connectivity index (χ3v) is 3.19. The Labute approximate surface area is 134 Å². The molecule has 0 atom stereocenters. The van der Waals surface area contributed by atoms with Crippen molar-refractivity contribution in [2.24, 2.45) is 0 Å².